The smallest absolute Gasteiger partial charge is 0.225 e. The molecule has 24 heavy (non-hydrogen) atoms. The lowest BCUT2D eigenvalue weighted by molar-refractivity contribution is -0.139. The predicted octanol–water partition coefficient (Wildman–Crippen LogP) is 4.12. The minimum atomic E-state index is 0.299. The van der Waals surface area contributed by atoms with Gasteiger partial charge < -0.3 is 9.47 Å². The Bertz CT molecular complexity index is 744. The minimum Gasteiger partial charge on any atom is -0.342 e. The molecule has 0 bridgehead atoms. The van der Waals surface area contributed by atoms with Crippen LogP contribution in [0.4, 0.5) is 0 Å². The Kier molecular flexibility index (Phi) is 4.07. The van der Waals surface area contributed by atoms with Gasteiger partial charge in [0.1, 0.15) is 5.82 Å². The Morgan fingerprint density at radius 1 is 1.17 bits per heavy atom. The van der Waals surface area contributed by atoms with Gasteiger partial charge in [0.2, 0.25) is 5.91 Å². The molecule has 1 amide bonds. The second kappa shape index (κ2) is 6.23. The first-order valence-electron chi connectivity index (χ1n) is 9.41. The van der Waals surface area contributed by atoms with Crippen molar-refractivity contribution in [1.29, 1.82) is 0 Å². The third-order valence-electron chi connectivity index (χ3n) is 5.69. The molecule has 1 aliphatic heterocycles. The number of para-hydroxylation sites is 2. The van der Waals surface area contributed by atoms with Crippen LogP contribution in [-0.4, -0.2) is 33.4 Å². The number of carbonyl (C=O) groups is 1. The number of likely N-dealkylation sites (tertiary alicyclic amines) is 1. The van der Waals surface area contributed by atoms with Crippen LogP contribution in [0.1, 0.15) is 63.7 Å². The van der Waals surface area contributed by atoms with E-state index in [1.54, 1.807) is 0 Å². The van der Waals surface area contributed by atoms with Crippen LogP contribution < -0.4 is 0 Å². The van der Waals surface area contributed by atoms with E-state index < -0.39 is 0 Å². The fraction of sp³-hybridized carbons (Fsp3) is 0.600. The van der Waals surface area contributed by atoms with E-state index in [4.69, 9.17) is 4.98 Å². The van der Waals surface area contributed by atoms with E-state index in [2.05, 4.69) is 47.6 Å². The fourth-order valence-electron chi connectivity index (χ4n) is 4.20. The van der Waals surface area contributed by atoms with Crippen molar-refractivity contribution in [2.24, 2.45) is 5.92 Å². The first kappa shape index (κ1) is 15.7. The molecular formula is C20H27N3O. The lowest BCUT2D eigenvalue weighted by Gasteiger charge is -2.37. The van der Waals surface area contributed by atoms with Crippen LogP contribution in [-0.2, 0) is 4.79 Å². The number of imidazole rings is 1. The van der Waals surface area contributed by atoms with Gasteiger partial charge in [-0.25, -0.2) is 4.98 Å². The van der Waals surface area contributed by atoms with Gasteiger partial charge in [-0.3, -0.25) is 4.79 Å². The maximum absolute atomic E-state index is 12.6. The number of rotatable bonds is 3. The standard InChI is InChI=1S/C20H27N3O/c1-14(2)23-18-11-4-3-10-17(18)21-19(23)16-9-6-12-22(13-16)20(24)15-7-5-8-15/h3-4,10-11,14-16H,5-9,12-13H2,1-2H3/t16-/m0/s1. The van der Waals surface area contributed by atoms with E-state index in [0.29, 0.717) is 23.8 Å². The number of hydrogen-bond acceptors (Lipinski definition) is 2. The van der Waals surface area contributed by atoms with Crippen LogP contribution in [0.25, 0.3) is 11.0 Å². The van der Waals surface area contributed by atoms with Crippen molar-refractivity contribution < 1.29 is 4.79 Å². The van der Waals surface area contributed by atoms with E-state index in [1.165, 1.54) is 11.9 Å². The highest BCUT2D eigenvalue weighted by atomic mass is 16.2. The highest BCUT2D eigenvalue weighted by Gasteiger charge is 2.34. The zero-order valence-corrected chi connectivity index (χ0v) is 14.7. The number of carbonyl (C=O) groups excluding carboxylic acids is 1. The molecule has 2 aliphatic rings. The maximum Gasteiger partial charge on any atom is 0.225 e. The van der Waals surface area contributed by atoms with E-state index >= 15 is 0 Å². The third-order valence-corrected chi connectivity index (χ3v) is 5.69. The largest absolute Gasteiger partial charge is 0.342 e. The summed E-state index contributed by atoms with van der Waals surface area (Å²) in [7, 11) is 0. The van der Waals surface area contributed by atoms with Gasteiger partial charge in [-0.1, -0.05) is 18.6 Å². The van der Waals surface area contributed by atoms with Gasteiger partial charge in [-0.2, -0.15) is 0 Å². The summed E-state index contributed by atoms with van der Waals surface area (Å²) < 4.78 is 2.37. The van der Waals surface area contributed by atoms with Crippen molar-refractivity contribution in [3.8, 4) is 0 Å². The zero-order chi connectivity index (χ0) is 16.7. The first-order chi connectivity index (χ1) is 11.6. The van der Waals surface area contributed by atoms with Crippen LogP contribution in [0.15, 0.2) is 24.3 Å². The number of aromatic nitrogens is 2. The summed E-state index contributed by atoms with van der Waals surface area (Å²) in [5, 5.41) is 0. The fourth-order valence-corrected chi connectivity index (χ4v) is 4.20. The van der Waals surface area contributed by atoms with Crippen LogP contribution >= 0.6 is 0 Å². The van der Waals surface area contributed by atoms with E-state index in [-0.39, 0.29) is 0 Å². The van der Waals surface area contributed by atoms with Crippen molar-refractivity contribution >= 4 is 16.9 Å². The molecule has 1 aromatic carbocycles. The molecule has 2 aromatic rings. The second-order valence-electron chi connectivity index (χ2n) is 7.67. The van der Waals surface area contributed by atoms with Gasteiger partial charge >= 0.3 is 0 Å². The van der Waals surface area contributed by atoms with E-state index in [0.717, 1.165) is 50.1 Å². The molecule has 2 fully saturated rings. The Hall–Kier alpha value is -1.84. The normalized spacial score (nSPS) is 22.1. The van der Waals surface area contributed by atoms with Gasteiger partial charge in [0.25, 0.3) is 0 Å². The molecule has 4 rings (SSSR count). The topological polar surface area (TPSA) is 38.1 Å². The van der Waals surface area contributed by atoms with Gasteiger partial charge in [0, 0.05) is 31.0 Å². The number of hydrogen-bond donors (Lipinski definition) is 0. The Balaban J connectivity index is 1.64. The minimum absolute atomic E-state index is 0.299. The summed E-state index contributed by atoms with van der Waals surface area (Å²) in [5.41, 5.74) is 2.29. The first-order valence-corrected chi connectivity index (χ1v) is 9.41. The highest BCUT2D eigenvalue weighted by Crippen LogP contribution is 2.34. The molecular weight excluding hydrogens is 298 g/mol. The van der Waals surface area contributed by atoms with Crippen molar-refractivity contribution in [2.75, 3.05) is 13.1 Å². The molecule has 1 saturated carbocycles. The molecule has 0 N–H and O–H groups in total. The van der Waals surface area contributed by atoms with Gasteiger partial charge in [0.15, 0.2) is 0 Å². The summed E-state index contributed by atoms with van der Waals surface area (Å²) in [4.78, 5) is 19.7. The number of nitrogens with zero attached hydrogens (tertiary/aromatic N) is 3. The maximum atomic E-state index is 12.6. The molecule has 0 radical (unpaired) electrons. The number of piperidine rings is 1. The Labute approximate surface area is 143 Å². The summed E-state index contributed by atoms with van der Waals surface area (Å²) in [6, 6.07) is 8.77. The monoisotopic (exact) mass is 325 g/mol. The molecule has 2 heterocycles. The lowest BCUT2D eigenvalue weighted by atomic mass is 9.83. The van der Waals surface area contributed by atoms with Crippen molar-refractivity contribution in [3.05, 3.63) is 30.1 Å². The molecule has 1 aromatic heterocycles. The number of amides is 1. The predicted molar refractivity (Wildman–Crippen MR) is 96.0 cm³/mol. The average molecular weight is 325 g/mol. The second-order valence-corrected chi connectivity index (χ2v) is 7.67. The van der Waals surface area contributed by atoms with Crippen LogP contribution in [0.5, 0.6) is 0 Å². The van der Waals surface area contributed by atoms with Gasteiger partial charge in [-0.05, 0) is 51.7 Å². The van der Waals surface area contributed by atoms with Crippen LogP contribution in [0.3, 0.4) is 0 Å². The molecule has 128 valence electrons. The lowest BCUT2D eigenvalue weighted by Crippen LogP contribution is -2.44. The SMILES string of the molecule is CC(C)n1c([C@H]2CCCN(C(=O)C3CCC3)C2)nc2ccccc21. The Morgan fingerprint density at radius 2 is 1.96 bits per heavy atom. The van der Waals surface area contributed by atoms with Gasteiger partial charge in [-0.15, -0.1) is 0 Å². The third kappa shape index (κ3) is 2.62. The van der Waals surface area contributed by atoms with Crippen molar-refractivity contribution in [3.63, 3.8) is 0 Å². The molecule has 4 heteroatoms. The highest BCUT2D eigenvalue weighted by molar-refractivity contribution is 5.80. The van der Waals surface area contributed by atoms with Crippen molar-refractivity contribution in [1.82, 2.24) is 14.5 Å². The Morgan fingerprint density at radius 3 is 2.67 bits per heavy atom. The molecule has 0 unspecified atom stereocenters. The van der Waals surface area contributed by atoms with Crippen LogP contribution in [0, 0.1) is 5.92 Å². The zero-order valence-electron chi connectivity index (χ0n) is 14.7. The molecule has 4 nitrogen and oxygen atoms in total. The quantitative estimate of drug-likeness (QED) is 0.851. The van der Waals surface area contributed by atoms with Gasteiger partial charge in [0.05, 0.1) is 11.0 Å². The van der Waals surface area contributed by atoms with Crippen LogP contribution in [0.2, 0.25) is 0 Å². The summed E-state index contributed by atoms with van der Waals surface area (Å²) in [5.74, 6) is 2.21. The summed E-state index contributed by atoms with van der Waals surface area (Å²) in [6.45, 7) is 6.20. The van der Waals surface area contributed by atoms with E-state index in [9.17, 15) is 4.79 Å². The van der Waals surface area contributed by atoms with Crippen molar-refractivity contribution in [2.45, 2.75) is 57.9 Å². The molecule has 0 spiro atoms. The average Bonchev–Trinajstić information content (AvgIpc) is 2.93. The molecule has 1 saturated heterocycles. The summed E-state index contributed by atoms with van der Waals surface area (Å²) in [6.07, 6.45) is 5.61. The van der Waals surface area contributed by atoms with E-state index in [1.807, 2.05) is 0 Å². The molecule has 1 aliphatic carbocycles. The molecule has 1 atom stereocenters. The number of benzene rings is 1. The number of fused-ring (bicyclic) bond motifs is 1. The summed E-state index contributed by atoms with van der Waals surface area (Å²) >= 11 is 0.